The molecule has 2 N–H and O–H groups in total. The summed E-state index contributed by atoms with van der Waals surface area (Å²) in [7, 11) is -2.45. The van der Waals surface area contributed by atoms with Crippen LogP contribution in [0.5, 0.6) is 5.75 Å². The highest BCUT2D eigenvalue weighted by Crippen LogP contribution is 2.31. The lowest BCUT2D eigenvalue weighted by Crippen LogP contribution is -2.30. The van der Waals surface area contributed by atoms with E-state index in [1.165, 1.54) is 41.5 Å². The number of ether oxygens (including phenoxy) is 1. The first-order valence-corrected chi connectivity index (χ1v) is 11.9. The van der Waals surface area contributed by atoms with Gasteiger partial charge < -0.3 is 4.74 Å². The van der Waals surface area contributed by atoms with Crippen molar-refractivity contribution in [3.63, 3.8) is 0 Å². The van der Waals surface area contributed by atoms with E-state index in [4.69, 9.17) is 4.74 Å². The molecule has 29 heavy (non-hydrogen) atoms. The zero-order valence-electron chi connectivity index (χ0n) is 16.3. The molecule has 0 fully saturated rings. The summed E-state index contributed by atoms with van der Waals surface area (Å²) in [6, 6.07) is 7.99. The topological polar surface area (TPSA) is 97.4 Å². The van der Waals surface area contributed by atoms with Crippen molar-refractivity contribution in [3.8, 4) is 16.3 Å². The van der Waals surface area contributed by atoms with Crippen molar-refractivity contribution in [1.82, 2.24) is 9.71 Å². The maximum Gasteiger partial charge on any atom is 0.257 e. The van der Waals surface area contributed by atoms with Crippen LogP contribution in [0, 0.1) is 6.92 Å². The van der Waals surface area contributed by atoms with Crippen LogP contribution < -0.4 is 14.8 Å². The minimum atomic E-state index is -3.83. The highest BCUT2D eigenvalue weighted by Gasteiger charge is 2.23. The van der Waals surface area contributed by atoms with E-state index in [0.29, 0.717) is 5.13 Å². The number of thiophene rings is 1. The third-order valence-corrected chi connectivity index (χ3v) is 7.28. The summed E-state index contributed by atoms with van der Waals surface area (Å²) in [6.45, 7) is 5.46. The number of aryl methyl sites for hydroxylation is 1. The van der Waals surface area contributed by atoms with Crippen molar-refractivity contribution >= 4 is 43.7 Å². The number of hydrogen-bond donors (Lipinski definition) is 2. The van der Waals surface area contributed by atoms with E-state index in [0.717, 1.165) is 10.6 Å². The van der Waals surface area contributed by atoms with E-state index < -0.39 is 15.9 Å². The predicted octanol–water partition coefficient (Wildman–Crippen LogP) is 4.13. The van der Waals surface area contributed by atoms with Gasteiger partial charge in [0.1, 0.15) is 10.6 Å². The predicted molar refractivity (Wildman–Crippen MR) is 117 cm³/mol. The first-order valence-electron chi connectivity index (χ1n) is 8.73. The molecule has 0 saturated heterocycles. The number of carbonyl (C=O) groups excluding carboxylic acids is 1. The molecule has 0 unspecified atom stereocenters. The number of thiazole rings is 1. The second kappa shape index (κ2) is 8.62. The number of carbonyl (C=O) groups is 1. The molecular weight excluding hydrogens is 430 g/mol. The Bertz CT molecular complexity index is 1130. The normalized spacial score (nSPS) is 11.6. The van der Waals surface area contributed by atoms with E-state index in [1.54, 1.807) is 25.2 Å². The van der Waals surface area contributed by atoms with E-state index in [2.05, 4.69) is 15.0 Å². The zero-order valence-corrected chi connectivity index (χ0v) is 18.8. The molecule has 0 radical (unpaired) electrons. The monoisotopic (exact) mass is 451 g/mol. The Morgan fingerprint density at radius 1 is 1.21 bits per heavy atom. The molecule has 0 saturated carbocycles. The van der Waals surface area contributed by atoms with Gasteiger partial charge in [-0.1, -0.05) is 0 Å². The Morgan fingerprint density at radius 3 is 2.59 bits per heavy atom. The van der Waals surface area contributed by atoms with Crippen molar-refractivity contribution in [2.45, 2.75) is 31.7 Å². The van der Waals surface area contributed by atoms with E-state index >= 15 is 0 Å². The number of aromatic nitrogens is 1. The second-order valence-corrected chi connectivity index (χ2v) is 10.4. The van der Waals surface area contributed by atoms with Gasteiger partial charge in [-0.05, 0) is 51.1 Å². The summed E-state index contributed by atoms with van der Waals surface area (Å²) >= 11 is 2.94. The highest BCUT2D eigenvalue weighted by atomic mass is 32.2. The van der Waals surface area contributed by atoms with Crippen LogP contribution in [0.3, 0.4) is 0 Å². The molecule has 1 aromatic carbocycles. The molecule has 3 rings (SSSR count). The lowest BCUT2D eigenvalue weighted by molar-refractivity contribution is 0.102. The standard InChI is InChI=1S/C19H21N3O4S3/c1-11(2)22-29(24,25)17-9-13(6-7-15(17)26-4)18(23)21-19-20-14(10-27-19)16-8-5-12(3)28-16/h5-11,22H,1-4H3,(H,20,21,23). The molecule has 7 nitrogen and oxygen atoms in total. The number of nitrogens with one attached hydrogen (secondary N) is 2. The average molecular weight is 452 g/mol. The summed E-state index contributed by atoms with van der Waals surface area (Å²) in [4.78, 5) is 19.2. The first kappa shape index (κ1) is 21.4. The van der Waals surface area contributed by atoms with Gasteiger partial charge in [-0.15, -0.1) is 22.7 Å². The Labute approximate surface area is 177 Å². The number of rotatable bonds is 7. The van der Waals surface area contributed by atoms with E-state index in [-0.39, 0.29) is 22.3 Å². The molecule has 0 atom stereocenters. The van der Waals surface area contributed by atoms with Crippen LogP contribution in [0.4, 0.5) is 5.13 Å². The molecule has 10 heteroatoms. The van der Waals surface area contributed by atoms with Gasteiger partial charge in [-0.2, -0.15) is 0 Å². The van der Waals surface area contributed by atoms with Crippen LogP contribution in [0.15, 0.2) is 40.6 Å². The van der Waals surface area contributed by atoms with Gasteiger partial charge in [-0.3, -0.25) is 10.1 Å². The number of benzene rings is 1. The van der Waals surface area contributed by atoms with E-state index in [9.17, 15) is 13.2 Å². The van der Waals surface area contributed by atoms with Crippen LogP contribution >= 0.6 is 22.7 Å². The lowest BCUT2D eigenvalue weighted by atomic mass is 10.2. The van der Waals surface area contributed by atoms with Crippen molar-refractivity contribution in [2.75, 3.05) is 12.4 Å². The molecule has 0 aliphatic heterocycles. The number of amides is 1. The number of hydrogen-bond acceptors (Lipinski definition) is 7. The number of sulfonamides is 1. The third kappa shape index (κ3) is 5.02. The Balaban J connectivity index is 1.84. The lowest BCUT2D eigenvalue weighted by Gasteiger charge is -2.14. The van der Waals surface area contributed by atoms with Crippen LogP contribution in [0.25, 0.3) is 10.6 Å². The number of methoxy groups -OCH3 is 1. The minimum Gasteiger partial charge on any atom is -0.495 e. The summed E-state index contributed by atoms with van der Waals surface area (Å²) in [5.74, 6) is -0.281. The molecule has 154 valence electrons. The molecule has 2 heterocycles. The maximum atomic E-state index is 12.7. The van der Waals surface area contributed by atoms with Gasteiger partial charge in [0.25, 0.3) is 5.91 Å². The molecule has 0 bridgehead atoms. The Morgan fingerprint density at radius 2 is 1.97 bits per heavy atom. The molecule has 0 aliphatic carbocycles. The zero-order chi connectivity index (χ0) is 21.2. The maximum absolute atomic E-state index is 12.7. The van der Waals surface area contributed by atoms with Gasteiger partial charge in [0.15, 0.2) is 5.13 Å². The Hall–Kier alpha value is -2.27. The van der Waals surface area contributed by atoms with Gasteiger partial charge in [-0.25, -0.2) is 18.1 Å². The fourth-order valence-corrected chi connectivity index (χ4v) is 5.64. The average Bonchev–Trinajstić information content (AvgIpc) is 3.29. The first-order chi connectivity index (χ1) is 13.7. The van der Waals surface area contributed by atoms with Crippen LogP contribution in [0.2, 0.25) is 0 Å². The number of anilines is 1. The van der Waals surface area contributed by atoms with Gasteiger partial charge in [0.2, 0.25) is 10.0 Å². The Kier molecular flexibility index (Phi) is 6.37. The highest BCUT2D eigenvalue weighted by molar-refractivity contribution is 7.89. The fourth-order valence-electron chi connectivity index (χ4n) is 2.59. The third-order valence-electron chi connectivity index (χ3n) is 3.82. The van der Waals surface area contributed by atoms with Crippen molar-refractivity contribution in [3.05, 3.63) is 46.2 Å². The molecular formula is C19H21N3O4S3. The summed E-state index contributed by atoms with van der Waals surface area (Å²) in [5.41, 5.74) is 0.987. The molecule has 1 amide bonds. The largest absolute Gasteiger partial charge is 0.495 e. The summed E-state index contributed by atoms with van der Waals surface area (Å²) in [5, 5.41) is 5.04. The van der Waals surface area contributed by atoms with Gasteiger partial charge in [0, 0.05) is 21.9 Å². The van der Waals surface area contributed by atoms with Crippen molar-refractivity contribution < 1.29 is 17.9 Å². The summed E-state index contributed by atoms with van der Waals surface area (Å²) < 4.78 is 32.8. The van der Waals surface area contributed by atoms with Crippen LogP contribution in [0.1, 0.15) is 29.1 Å². The SMILES string of the molecule is COc1ccc(C(=O)Nc2nc(-c3ccc(C)s3)cs2)cc1S(=O)(=O)NC(C)C. The second-order valence-electron chi connectivity index (χ2n) is 6.54. The van der Waals surface area contributed by atoms with E-state index in [1.807, 2.05) is 24.4 Å². The summed E-state index contributed by atoms with van der Waals surface area (Å²) in [6.07, 6.45) is 0. The quantitative estimate of drug-likeness (QED) is 0.563. The molecule has 0 aliphatic rings. The number of nitrogens with zero attached hydrogens (tertiary/aromatic N) is 1. The van der Waals surface area contributed by atoms with Gasteiger partial charge in [0.05, 0.1) is 17.7 Å². The minimum absolute atomic E-state index is 0.0877. The van der Waals surface area contributed by atoms with Crippen molar-refractivity contribution in [1.29, 1.82) is 0 Å². The van der Waals surface area contributed by atoms with Crippen LogP contribution in [-0.4, -0.2) is 32.5 Å². The molecule has 3 aromatic rings. The van der Waals surface area contributed by atoms with Crippen molar-refractivity contribution in [2.24, 2.45) is 0 Å². The molecule has 2 aromatic heterocycles. The van der Waals surface area contributed by atoms with Crippen LogP contribution in [-0.2, 0) is 10.0 Å². The smallest absolute Gasteiger partial charge is 0.257 e. The van der Waals surface area contributed by atoms with Gasteiger partial charge >= 0.3 is 0 Å². The molecule has 0 spiro atoms. The fraction of sp³-hybridized carbons (Fsp3) is 0.263.